The lowest BCUT2D eigenvalue weighted by molar-refractivity contribution is -0.411. The van der Waals surface area contributed by atoms with Crippen molar-refractivity contribution in [3.8, 4) is 11.7 Å². The molecule has 2 heterocycles. The van der Waals surface area contributed by atoms with Crippen molar-refractivity contribution in [2.75, 3.05) is 12.4 Å². The zero-order chi connectivity index (χ0) is 29.1. The first kappa shape index (κ1) is 29.2. The SMILES string of the molecule is [C-]#[N+]c1cc(C)c(NC(=O)c2cc(OC(F)(F)C(F)OC(F)(F)F)nn2-c2ncccc2Cl)c(C(=O)NC)c1. The van der Waals surface area contributed by atoms with Crippen molar-refractivity contribution in [1.29, 1.82) is 0 Å². The van der Waals surface area contributed by atoms with Crippen LogP contribution in [0.2, 0.25) is 5.02 Å². The molecule has 0 aliphatic rings. The zero-order valence-electron chi connectivity index (χ0n) is 19.6. The highest BCUT2D eigenvalue weighted by Gasteiger charge is 2.51. The van der Waals surface area contributed by atoms with E-state index in [-0.39, 0.29) is 33.3 Å². The summed E-state index contributed by atoms with van der Waals surface area (Å²) in [5, 5.41) is 8.18. The van der Waals surface area contributed by atoms with Gasteiger partial charge in [-0.3, -0.25) is 9.59 Å². The molecule has 1 unspecified atom stereocenters. The number of alkyl halides is 6. The Kier molecular flexibility index (Phi) is 8.36. The largest absolute Gasteiger partial charge is 0.525 e. The maximum absolute atomic E-state index is 14.0. The van der Waals surface area contributed by atoms with Crippen molar-refractivity contribution in [3.63, 3.8) is 0 Å². The van der Waals surface area contributed by atoms with Gasteiger partial charge in [-0.1, -0.05) is 17.7 Å². The van der Waals surface area contributed by atoms with E-state index in [0.29, 0.717) is 10.7 Å². The standard InChI is InChI=1S/C22H15ClF6N6O4/c1-10-7-11(30-2)8-12(18(36)31-3)16(10)33-19(37)14-9-15(34-35(14)17-13(23)5-4-6-32-17)38-21(25,26)20(24)39-22(27,28)29/h4-9,20H,1,3H3,(H,31,36)(H,33,37). The summed E-state index contributed by atoms with van der Waals surface area (Å²) in [7, 11) is 1.30. The van der Waals surface area contributed by atoms with Gasteiger partial charge in [0.25, 0.3) is 11.8 Å². The van der Waals surface area contributed by atoms with Crippen LogP contribution in [0.4, 0.5) is 37.7 Å². The molecule has 2 amide bonds. The number of aryl methyl sites for hydroxylation is 1. The number of rotatable bonds is 8. The average Bonchev–Trinajstić information content (AvgIpc) is 3.26. The predicted molar refractivity (Wildman–Crippen MR) is 123 cm³/mol. The fraction of sp³-hybridized carbons (Fsp3) is 0.227. The molecular weight excluding hydrogens is 562 g/mol. The Labute approximate surface area is 220 Å². The number of halogens is 7. The van der Waals surface area contributed by atoms with Crippen LogP contribution in [0.25, 0.3) is 10.7 Å². The van der Waals surface area contributed by atoms with E-state index < -0.39 is 42.2 Å². The molecule has 1 atom stereocenters. The van der Waals surface area contributed by atoms with E-state index >= 15 is 0 Å². The summed E-state index contributed by atoms with van der Waals surface area (Å²) < 4.78 is 85.6. The van der Waals surface area contributed by atoms with Crippen LogP contribution in [-0.2, 0) is 4.74 Å². The highest BCUT2D eigenvalue weighted by Crippen LogP contribution is 2.33. The quantitative estimate of drug-likeness (QED) is 0.282. The van der Waals surface area contributed by atoms with Crippen molar-refractivity contribution in [2.24, 2.45) is 0 Å². The zero-order valence-corrected chi connectivity index (χ0v) is 20.4. The molecule has 0 saturated carbocycles. The van der Waals surface area contributed by atoms with E-state index in [0.717, 1.165) is 0 Å². The molecule has 0 fully saturated rings. The Hall–Kier alpha value is -4.36. The smallest absolute Gasteiger partial charge is 0.409 e. The minimum absolute atomic E-state index is 0.0678. The van der Waals surface area contributed by atoms with Crippen LogP contribution in [0.1, 0.15) is 26.4 Å². The van der Waals surface area contributed by atoms with E-state index in [2.05, 4.69) is 35.0 Å². The number of hydrogen-bond donors (Lipinski definition) is 2. The molecule has 0 saturated heterocycles. The van der Waals surface area contributed by atoms with Crippen LogP contribution < -0.4 is 15.4 Å². The van der Waals surface area contributed by atoms with Crippen LogP contribution in [0.15, 0.2) is 36.5 Å². The number of anilines is 1. The van der Waals surface area contributed by atoms with Gasteiger partial charge in [0.15, 0.2) is 11.5 Å². The Bertz CT molecular complexity index is 1460. The Morgan fingerprint density at radius 3 is 2.46 bits per heavy atom. The summed E-state index contributed by atoms with van der Waals surface area (Å²) in [5.74, 6) is -3.28. The second kappa shape index (κ2) is 11.2. The van der Waals surface area contributed by atoms with Gasteiger partial charge >= 0.3 is 18.8 Å². The topological polar surface area (TPSA) is 112 Å². The summed E-state index contributed by atoms with van der Waals surface area (Å²) in [5.41, 5.74) is -0.447. The van der Waals surface area contributed by atoms with Crippen molar-refractivity contribution >= 4 is 34.8 Å². The van der Waals surface area contributed by atoms with Crippen molar-refractivity contribution in [3.05, 3.63) is 69.8 Å². The molecule has 0 aliphatic carbocycles. The molecule has 17 heteroatoms. The third-order valence-corrected chi connectivity index (χ3v) is 5.06. The fourth-order valence-corrected chi connectivity index (χ4v) is 3.33. The van der Waals surface area contributed by atoms with Gasteiger partial charge in [-0.15, -0.1) is 18.3 Å². The molecule has 0 bridgehead atoms. The Balaban J connectivity index is 2.07. The molecule has 206 valence electrons. The number of nitrogens with zero attached hydrogens (tertiary/aromatic N) is 4. The lowest BCUT2D eigenvalue weighted by atomic mass is 10.1. The van der Waals surface area contributed by atoms with Crippen LogP contribution in [0.3, 0.4) is 0 Å². The van der Waals surface area contributed by atoms with Gasteiger partial charge in [0, 0.05) is 19.3 Å². The number of nitrogens with one attached hydrogen (secondary N) is 2. The lowest BCUT2D eigenvalue weighted by Gasteiger charge is -2.20. The minimum atomic E-state index is -5.75. The van der Waals surface area contributed by atoms with E-state index in [1.807, 2.05) is 0 Å². The minimum Gasteiger partial charge on any atom is -0.409 e. The van der Waals surface area contributed by atoms with Gasteiger partial charge in [0.2, 0.25) is 5.88 Å². The molecule has 3 aromatic rings. The molecule has 1 aromatic carbocycles. The second-order valence-electron chi connectivity index (χ2n) is 7.46. The lowest BCUT2D eigenvalue weighted by Crippen LogP contribution is -2.41. The normalized spacial score (nSPS) is 12.4. The third-order valence-electron chi connectivity index (χ3n) is 4.76. The van der Waals surface area contributed by atoms with Crippen LogP contribution >= 0.6 is 11.6 Å². The fourth-order valence-electron chi connectivity index (χ4n) is 3.13. The number of ether oxygens (including phenoxy) is 2. The van der Waals surface area contributed by atoms with Gasteiger partial charge in [-0.25, -0.2) is 23.6 Å². The molecule has 39 heavy (non-hydrogen) atoms. The number of pyridine rings is 1. The van der Waals surface area contributed by atoms with E-state index in [9.17, 15) is 35.9 Å². The number of carbonyl (C=O) groups excluding carboxylic acids is 2. The monoisotopic (exact) mass is 576 g/mol. The molecular formula is C22H15ClF6N6O4. The molecule has 0 aliphatic heterocycles. The number of aromatic nitrogens is 3. The van der Waals surface area contributed by atoms with E-state index in [1.54, 1.807) is 0 Å². The summed E-state index contributed by atoms with van der Waals surface area (Å²) in [6.07, 6.45) is -14.0. The van der Waals surface area contributed by atoms with Crippen molar-refractivity contribution in [1.82, 2.24) is 20.1 Å². The number of amides is 2. The predicted octanol–water partition coefficient (Wildman–Crippen LogP) is 5.20. The van der Waals surface area contributed by atoms with Crippen LogP contribution in [-0.4, -0.2) is 52.5 Å². The first-order valence-electron chi connectivity index (χ1n) is 10.4. The molecule has 3 rings (SSSR count). The molecule has 2 N–H and O–H groups in total. The summed E-state index contributed by atoms with van der Waals surface area (Å²) in [6, 6.07) is 5.79. The maximum Gasteiger partial charge on any atom is 0.525 e. The second-order valence-corrected chi connectivity index (χ2v) is 7.87. The van der Waals surface area contributed by atoms with Crippen LogP contribution in [0, 0.1) is 13.5 Å². The molecule has 0 spiro atoms. The molecule has 0 radical (unpaired) electrons. The van der Waals surface area contributed by atoms with Gasteiger partial charge in [-0.05, 0) is 30.7 Å². The van der Waals surface area contributed by atoms with Gasteiger partial charge in [0.05, 0.1) is 22.8 Å². The first-order chi connectivity index (χ1) is 18.2. The Morgan fingerprint density at radius 2 is 1.87 bits per heavy atom. The van der Waals surface area contributed by atoms with E-state index in [1.165, 1.54) is 44.4 Å². The Morgan fingerprint density at radius 1 is 1.18 bits per heavy atom. The summed E-state index contributed by atoms with van der Waals surface area (Å²) in [6.45, 7) is 8.65. The number of benzene rings is 1. The van der Waals surface area contributed by atoms with Gasteiger partial charge in [0.1, 0.15) is 5.69 Å². The van der Waals surface area contributed by atoms with Crippen molar-refractivity contribution < 1.29 is 45.4 Å². The highest BCUT2D eigenvalue weighted by molar-refractivity contribution is 6.32. The van der Waals surface area contributed by atoms with E-state index in [4.69, 9.17) is 18.2 Å². The number of hydrogen-bond acceptors (Lipinski definition) is 6. The average molecular weight is 577 g/mol. The molecule has 2 aromatic heterocycles. The molecule has 10 nitrogen and oxygen atoms in total. The van der Waals surface area contributed by atoms with Gasteiger partial charge < -0.3 is 15.4 Å². The summed E-state index contributed by atoms with van der Waals surface area (Å²) in [4.78, 5) is 32.8. The first-order valence-corrected chi connectivity index (χ1v) is 10.8. The van der Waals surface area contributed by atoms with Gasteiger partial charge in [-0.2, -0.15) is 8.78 Å². The summed E-state index contributed by atoms with van der Waals surface area (Å²) >= 11 is 6.08. The van der Waals surface area contributed by atoms with Crippen molar-refractivity contribution in [2.45, 2.75) is 25.8 Å². The number of carbonyl (C=O) groups is 2. The van der Waals surface area contributed by atoms with Crippen LogP contribution in [0.5, 0.6) is 5.88 Å². The maximum atomic E-state index is 14.0. The highest BCUT2D eigenvalue weighted by atomic mass is 35.5. The third kappa shape index (κ3) is 6.75.